The number of aryl methyl sites for hydroxylation is 1. The number of para-hydroxylation sites is 1. The Bertz CT molecular complexity index is 1580. The monoisotopic (exact) mass is 548 g/mol. The first-order chi connectivity index (χ1) is 19.6. The molecule has 6 nitrogen and oxygen atoms in total. The van der Waals surface area contributed by atoms with E-state index in [1.165, 1.54) is 0 Å². The summed E-state index contributed by atoms with van der Waals surface area (Å²) >= 11 is 0. The Morgan fingerprint density at radius 1 is 1.02 bits per heavy atom. The number of carbonyl (C=O) groups excluding carboxylic acids is 3. The molecule has 0 aliphatic carbocycles. The first-order valence-corrected chi connectivity index (χ1v) is 14.4. The number of anilines is 2. The molecule has 3 aliphatic rings. The third-order valence-electron chi connectivity index (χ3n) is 8.91. The van der Waals surface area contributed by atoms with Crippen molar-refractivity contribution in [3.8, 4) is 5.75 Å². The van der Waals surface area contributed by atoms with Crippen molar-refractivity contribution in [3.63, 3.8) is 0 Å². The summed E-state index contributed by atoms with van der Waals surface area (Å²) in [5.41, 5.74) is 2.74. The van der Waals surface area contributed by atoms with E-state index in [2.05, 4.69) is 12.2 Å². The summed E-state index contributed by atoms with van der Waals surface area (Å²) in [6.07, 6.45) is 5.90. The molecule has 210 valence electrons. The van der Waals surface area contributed by atoms with Crippen molar-refractivity contribution >= 4 is 34.9 Å². The minimum Gasteiger partial charge on any atom is -0.497 e. The number of benzene rings is 3. The maximum Gasteiger partial charge on any atom is 0.238 e. The molecule has 1 N–H and O–H groups in total. The van der Waals surface area contributed by atoms with Crippen LogP contribution in [0.2, 0.25) is 0 Å². The third kappa shape index (κ3) is 3.95. The summed E-state index contributed by atoms with van der Waals surface area (Å²) in [4.78, 5) is 45.8. The molecule has 1 fully saturated rings. The number of amides is 1. The molecule has 1 amide bonds. The van der Waals surface area contributed by atoms with Gasteiger partial charge in [0.1, 0.15) is 17.2 Å². The van der Waals surface area contributed by atoms with Gasteiger partial charge < -0.3 is 15.0 Å². The van der Waals surface area contributed by atoms with Gasteiger partial charge in [0.05, 0.1) is 19.1 Å². The van der Waals surface area contributed by atoms with Crippen LogP contribution in [0.5, 0.6) is 5.75 Å². The molecule has 3 aromatic rings. The highest BCUT2D eigenvalue weighted by molar-refractivity contribution is 6.17. The largest absolute Gasteiger partial charge is 0.497 e. The van der Waals surface area contributed by atoms with Gasteiger partial charge in [-0.15, -0.1) is 0 Å². The molecule has 41 heavy (non-hydrogen) atoms. The van der Waals surface area contributed by atoms with Crippen molar-refractivity contribution in [2.24, 2.45) is 11.3 Å². The number of carbonyl (C=O) groups is 3. The molecular formula is C35H36N2O4. The van der Waals surface area contributed by atoms with E-state index < -0.39 is 28.8 Å². The average Bonchev–Trinajstić information content (AvgIpc) is 3.44. The van der Waals surface area contributed by atoms with Crippen LogP contribution in [0, 0.1) is 11.3 Å². The number of ketones is 2. The average molecular weight is 549 g/mol. The van der Waals surface area contributed by atoms with Gasteiger partial charge in [0.25, 0.3) is 0 Å². The Labute approximate surface area is 241 Å². The van der Waals surface area contributed by atoms with Gasteiger partial charge in [-0.05, 0) is 41.8 Å². The first-order valence-electron chi connectivity index (χ1n) is 14.4. The topological polar surface area (TPSA) is 75.7 Å². The normalized spacial score (nSPS) is 24.1. The highest BCUT2D eigenvalue weighted by atomic mass is 16.5. The zero-order chi connectivity index (χ0) is 29.1. The Balaban J connectivity index is 1.63. The summed E-state index contributed by atoms with van der Waals surface area (Å²) in [6, 6.07) is 19.6. The molecule has 3 aliphatic heterocycles. The van der Waals surface area contributed by atoms with Crippen molar-refractivity contribution in [3.05, 3.63) is 95.1 Å². The maximum atomic E-state index is 14.8. The number of hydrogen-bond donors (Lipinski definition) is 1. The van der Waals surface area contributed by atoms with Crippen LogP contribution in [0.3, 0.4) is 0 Å². The summed E-state index contributed by atoms with van der Waals surface area (Å²) < 4.78 is 5.48. The Morgan fingerprint density at radius 2 is 1.76 bits per heavy atom. The lowest BCUT2D eigenvalue weighted by Crippen LogP contribution is -2.51. The molecule has 0 aromatic heterocycles. The van der Waals surface area contributed by atoms with Crippen LogP contribution >= 0.6 is 0 Å². The zero-order valence-electron chi connectivity index (χ0n) is 24.2. The fourth-order valence-electron chi connectivity index (χ4n) is 7.03. The van der Waals surface area contributed by atoms with Gasteiger partial charge in [-0.1, -0.05) is 88.7 Å². The zero-order valence-corrected chi connectivity index (χ0v) is 24.2. The molecule has 1 spiro atoms. The highest BCUT2D eigenvalue weighted by Gasteiger charge is 2.70. The van der Waals surface area contributed by atoms with E-state index in [4.69, 9.17) is 4.74 Å². The molecule has 3 heterocycles. The van der Waals surface area contributed by atoms with E-state index in [0.29, 0.717) is 17.0 Å². The Hall–Kier alpha value is -4.19. The van der Waals surface area contributed by atoms with Crippen molar-refractivity contribution in [2.75, 3.05) is 17.3 Å². The van der Waals surface area contributed by atoms with Crippen molar-refractivity contribution < 1.29 is 19.1 Å². The highest BCUT2D eigenvalue weighted by Crippen LogP contribution is 2.58. The van der Waals surface area contributed by atoms with Gasteiger partial charge in [0, 0.05) is 27.9 Å². The second kappa shape index (κ2) is 9.72. The molecule has 0 saturated carbocycles. The quantitative estimate of drug-likeness (QED) is 0.369. The van der Waals surface area contributed by atoms with Crippen molar-refractivity contribution in [1.82, 2.24) is 0 Å². The van der Waals surface area contributed by atoms with E-state index in [1.54, 1.807) is 7.11 Å². The standard InChI is InChI=1S/C35H36N2O4/c1-6-9-21-12-14-22(15-13-21)31(38)29-30(32(39)34(2,3)4)37-27-18-17-24(41-5)20-23(27)16-19-28(37)35(29)25-10-7-8-11-26(25)36-33(35)40/h7-8,10-20,28-30H,6,9H2,1-5H3,(H,36,40)/t28-,29+,30-,35-/m1/s1. The van der Waals surface area contributed by atoms with Gasteiger partial charge >= 0.3 is 0 Å². The van der Waals surface area contributed by atoms with Crippen LogP contribution in [-0.4, -0.2) is 36.7 Å². The lowest BCUT2D eigenvalue weighted by atomic mass is 9.63. The minimum absolute atomic E-state index is 0.0745. The first kappa shape index (κ1) is 27.0. The number of nitrogens with one attached hydrogen (secondary N) is 1. The molecule has 1 saturated heterocycles. The van der Waals surface area contributed by atoms with Crippen LogP contribution in [0.1, 0.15) is 61.2 Å². The number of methoxy groups -OCH3 is 1. The van der Waals surface area contributed by atoms with Crippen molar-refractivity contribution in [2.45, 2.75) is 58.0 Å². The lowest BCUT2D eigenvalue weighted by Gasteiger charge is -2.38. The molecule has 0 radical (unpaired) electrons. The van der Waals surface area contributed by atoms with Crippen molar-refractivity contribution in [1.29, 1.82) is 0 Å². The Kier molecular flexibility index (Phi) is 6.40. The Morgan fingerprint density at radius 3 is 2.44 bits per heavy atom. The molecule has 6 rings (SSSR count). The van der Waals surface area contributed by atoms with E-state index in [0.717, 1.165) is 35.2 Å². The van der Waals surface area contributed by atoms with Crippen LogP contribution in [-0.2, 0) is 21.4 Å². The van der Waals surface area contributed by atoms with Crippen LogP contribution < -0.4 is 15.0 Å². The number of Topliss-reactive ketones (excluding diaryl/α,β-unsaturated/α-hetero) is 2. The van der Waals surface area contributed by atoms with Crippen LogP contribution in [0.15, 0.2) is 72.8 Å². The van der Waals surface area contributed by atoms with E-state index >= 15 is 0 Å². The molecule has 4 atom stereocenters. The summed E-state index contributed by atoms with van der Waals surface area (Å²) in [5, 5.41) is 3.08. The van der Waals surface area contributed by atoms with Gasteiger partial charge in [-0.25, -0.2) is 0 Å². The van der Waals surface area contributed by atoms with Gasteiger partial charge in [-0.3, -0.25) is 14.4 Å². The van der Waals surface area contributed by atoms with Crippen LogP contribution in [0.4, 0.5) is 11.4 Å². The van der Waals surface area contributed by atoms with Gasteiger partial charge in [0.15, 0.2) is 11.6 Å². The van der Waals surface area contributed by atoms with E-state index in [1.807, 2.05) is 105 Å². The van der Waals surface area contributed by atoms with Crippen LogP contribution in [0.25, 0.3) is 6.08 Å². The molecule has 0 bridgehead atoms. The fraction of sp³-hybridized carbons (Fsp3) is 0.343. The summed E-state index contributed by atoms with van der Waals surface area (Å²) in [7, 11) is 1.62. The lowest BCUT2D eigenvalue weighted by molar-refractivity contribution is -0.128. The molecular weight excluding hydrogens is 512 g/mol. The minimum atomic E-state index is -1.30. The second-order valence-corrected chi connectivity index (χ2v) is 12.4. The summed E-state index contributed by atoms with van der Waals surface area (Å²) in [6.45, 7) is 7.77. The molecule has 6 heteroatoms. The molecule has 0 unspecified atom stereocenters. The maximum absolute atomic E-state index is 14.8. The second-order valence-electron chi connectivity index (χ2n) is 12.4. The number of fused-ring (bicyclic) bond motifs is 6. The SMILES string of the molecule is CCCc1ccc(C(=O)[C@@H]2[C@H](C(=O)C(C)(C)C)N3c4ccc(OC)cc4C=C[C@@H]3[C@@]23C(=O)Nc2ccccc23)cc1. The smallest absolute Gasteiger partial charge is 0.238 e. The van der Waals surface area contributed by atoms with Gasteiger partial charge in [-0.2, -0.15) is 0 Å². The molecule has 3 aromatic carbocycles. The third-order valence-corrected chi connectivity index (χ3v) is 8.91. The fourth-order valence-corrected chi connectivity index (χ4v) is 7.03. The van der Waals surface area contributed by atoms with Gasteiger partial charge in [0.2, 0.25) is 5.91 Å². The summed E-state index contributed by atoms with van der Waals surface area (Å²) in [5.74, 6) is -0.767. The van der Waals surface area contributed by atoms with E-state index in [-0.39, 0.29) is 17.5 Å². The number of hydrogen-bond acceptors (Lipinski definition) is 5. The number of nitrogens with zero attached hydrogens (tertiary/aromatic N) is 1. The predicted molar refractivity (Wildman–Crippen MR) is 162 cm³/mol. The van der Waals surface area contributed by atoms with E-state index in [9.17, 15) is 14.4 Å². The number of ether oxygens (including phenoxy) is 1. The number of rotatable bonds is 6. The predicted octanol–water partition coefficient (Wildman–Crippen LogP) is 6.24.